The van der Waals surface area contributed by atoms with Crippen LogP contribution in [0.3, 0.4) is 0 Å². The molecule has 7 heteroatoms. The van der Waals surface area contributed by atoms with Gasteiger partial charge in [-0.05, 0) is 13.0 Å². The Morgan fingerprint density at radius 1 is 1.62 bits per heavy atom. The zero-order chi connectivity index (χ0) is 11.7. The highest BCUT2D eigenvalue weighted by Crippen LogP contribution is 2.32. The van der Waals surface area contributed by atoms with Crippen molar-refractivity contribution in [1.82, 2.24) is 9.55 Å². The third-order valence-corrected chi connectivity index (χ3v) is 3.08. The van der Waals surface area contributed by atoms with Crippen LogP contribution in [0.15, 0.2) is 18.5 Å². The van der Waals surface area contributed by atoms with E-state index in [0.717, 1.165) is 11.3 Å². The number of aldehydes is 1. The Balaban J connectivity index is 2.64. The lowest BCUT2D eigenvalue weighted by molar-refractivity contribution is -0.379. The van der Waals surface area contributed by atoms with Gasteiger partial charge in [0.2, 0.25) is 0 Å². The number of nitro groups is 1. The second kappa shape index (κ2) is 3.86. The molecule has 0 bridgehead atoms. The molecule has 2 rings (SSSR count). The Kier molecular flexibility index (Phi) is 2.53. The van der Waals surface area contributed by atoms with Crippen LogP contribution in [0.1, 0.15) is 15.5 Å². The number of rotatable bonds is 3. The Morgan fingerprint density at radius 3 is 2.88 bits per heavy atom. The lowest BCUT2D eigenvalue weighted by Crippen LogP contribution is -1.97. The summed E-state index contributed by atoms with van der Waals surface area (Å²) < 4.78 is 1.58. The lowest BCUT2D eigenvalue weighted by atomic mass is 10.4. The molecule has 0 saturated carbocycles. The highest BCUT2D eigenvalue weighted by molar-refractivity contribution is 7.17. The quantitative estimate of drug-likeness (QED) is 0.464. The first-order valence-corrected chi connectivity index (χ1v) is 5.19. The molecule has 0 fully saturated rings. The largest absolute Gasteiger partial charge is 0.348 e. The first-order chi connectivity index (χ1) is 7.63. The lowest BCUT2D eigenvalue weighted by Gasteiger charge is -1.99. The summed E-state index contributed by atoms with van der Waals surface area (Å²) in [5, 5.41) is 10.8. The topological polar surface area (TPSA) is 78.0 Å². The Labute approximate surface area is 94.3 Å². The van der Waals surface area contributed by atoms with Crippen LogP contribution in [0.25, 0.3) is 5.69 Å². The van der Waals surface area contributed by atoms with E-state index < -0.39 is 4.92 Å². The summed E-state index contributed by atoms with van der Waals surface area (Å²) in [7, 11) is 0. The molecule has 0 aromatic carbocycles. The van der Waals surface area contributed by atoms with Crippen LogP contribution >= 0.6 is 11.3 Å². The van der Waals surface area contributed by atoms with Gasteiger partial charge in [-0.2, -0.15) is 0 Å². The highest BCUT2D eigenvalue weighted by Gasteiger charge is 2.21. The molecule has 0 unspecified atom stereocenters. The van der Waals surface area contributed by atoms with Crippen LogP contribution in [-0.4, -0.2) is 20.8 Å². The average molecular weight is 237 g/mol. The number of carbonyl (C=O) groups excluding carboxylic acids is 1. The van der Waals surface area contributed by atoms with E-state index in [9.17, 15) is 14.9 Å². The van der Waals surface area contributed by atoms with Crippen LogP contribution in [0.4, 0.5) is 5.00 Å². The van der Waals surface area contributed by atoms with Gasteiger partial charge in [0.1, 0.15) is 11.5 Å². The summed E-state index contributed by atoms with van der Waals surface area (Å²) in [6, 6.07) is 1.49. The van der Waals surface area contributed by atoms with Crippen LogP contribution in [-0.2, 0) is 0 Å². The number of nitrogens with zero attached hydrogens (tertiary/aromatic N) is 3. The summed E-state index contributed by atoms with van der Waals surface area (Å²) in [5.41, 5.74) is 0.382. The van der Waals surface area contributed by atoms with E-state index in [2.05, 4.69) is 4.98 Å². The molecule has 0 N–H and O–H groups in total. The van der Waals surface area contributed by atoms with E-state index in [1.165, 1.54) is 6.07 Å². The van der Waals surface area contributed by atoms with Gasteiger partial charge >= 0.3 is 5.00 Å². The maximum absolute atomic E-state index is 10.8. The fourth-order valence-electron chi connectivity index (χ4n) is 1.38. The van der Waals surface area contributed by atoms with Gasteiger partial charge in [0, 0.05) is 12.4 Å². The maximum atomic E-state index is 10.8. The SMILES string of the molecule is Cc1nccn1-c1cc(C=O)sc1[N+](=O)[O-]. The molecule has 6 nitrogen and oxygen atoms in total. The van der Waals surface area contributed by atoms with E-state index in [1.54, 1.807) is 23.9 Å². The van der Waals surface area contributed by atoms with Gasteiger partial charge in [-0.15, -0.1) is 0 Å². The molecular formula is C9H7N3O3S. The minimum absolute atomic E-state index is 0.0526. The molecule has 0 aliphatic heterocycles. The molecule has 2 aromatic rings. The number of thiophene rings is 1. The van der Waals surface area contributed by atoms with E-state index >= 15 is 0 Å². The minimum atomic E-state index is -0.494. The molecule has 0 spiro atoms. The first-order valence-electron chi connectivity index (χ1n) is 4.37. The van der Waals surface area contributed by atoms with Crippen molar-refractivity contribution in [2.24, 2.45) is 0 Å². The van der Waals surface area contributed by atoms with Crippen LogP contribution in [0.2, 0.25) is 0 Å². The molecule has 82 valence electrons. The van der Waals surface area contributed by atoms with Gasteiger partial charge in [-0.1, -0.05) is 11.3 Å². The second-order valence-corrected chi connectivity index (χ2v) is 4.12. The number of imidazole rings is 1. The molecule has 16 heavy (non-hydrogen) atoms. The fraction of sp³-hybridized carbons (Fsp3) is 0.111. The van der Waals surface area contributed by atoms with E-state index in [1.807, 2.05) is 0 Å². The normalized spacial score (nSPS) is 10.3. The van der Waals surface area contributed by atoms with Gasteiger partial charge in [-0.25, -0.2) is 4.98 Å². The van der Waals surface area contributed by atoms with Crippen molar-refractivity contribution in [3.05, 3.63) is 39.3 Å². The summed E-state index contributed by atoms with van der Waals surface area (Å²) in [6.07, 6.45) is 3.78. The number of carbonyl (C=O) groups is 1. The third kappa shape index (κ3) is 1.61. The van der Waals surface area contributed by atoms with E-state index in [4.69, 9.17) is 0 Å². The molecule has 0 radical (unpaired) electrons. The molecule has 0 atom stereocenters. The predicted molar refractivity (Wildman–Crippen MR) is 58.2 cm³/mol. The molecule has 2 heterocycles. The molecule has 2 aromatic heterocycles. The highest BCUT2D eigenvalue weighted by atomic mass is 32.1. The number of aromatic nitrogens is 2. The zero-order valence-electron chi connectivity index (χ0n) is 8.28. The average Bonchev–Trinajstić information content (AvgIpc) is 2.82. The predicted octanol–water partition coefficient (Wildman–Crippen LogP) is 1.96. The van der Waals surface area contributed by atoms with E-state index in [0.29, 0.717) is 22.7 Å². The fourth-order valence-corrected chi connectivity index (χ4v) is 2.16. The number of hydrogen-bond acceptors (Lipinski definition) is 5. The van der Waals surface area contributed by atoms with Gasteiger partial charge in [0.05, 0.1) is 9.80 Å². The molecule has 0 amide bonds. The first kappa shape index (κ1) is 10.5. The summed E-state index contributed by atoms with van der Waals surface area (Å²) >= 11 is 0.859. The van der Waals surface area contributed by atoms with Gasteiger partial charge in [-0.3, -0.25) is 19.5 Å². The van der Waals surface area contributed by atoms with Crippen LogP contribution in [0.5, 0.6) is 0 Å². The van der Waals surface area contributed by atoms with Crippen molar-refractivity contribution >= 4 is 22.6 Å². The van der Waals surface area contributed by atoms with Crippen molar-refractivity contribution < 1.29 is 9.72 Å². The summed E-state index contributed by atoms with van der Waals surface area (Å²) in [5.74, 6) is 0.637. The monoisotopic (exact) mass is 237 g/mol. The Hall–Kier alpha value is -2.02. The zero-order valence-corrected chi connectivity index (χ0v) is 9.10. The van der Waals surface area contributed by atoms with Crippen LogP contribution in [0, 0.1) is 17.0 Å². The van der Waals surface area contributed by atoms with Crippen molar-refractivity contribution in [2.75, 3.05) is 0 Å². The van der Waals surface area contributed by atoms with Crippen molar-refractivity contribution in [1.29, 1.82) is 0 Å². The van der Waals surface area contributed by atoms with Gasteiger partial charge in [0.15, 0.2) is 6.29 Å². The molecule has 0 aliphatic carbocycles. The van der Waals surface area contributed by atoms with Crippen molar-refractivity contribution in [2.45, 2.75) is 6.92 Å². The van der Waals surface area contributed by atoms with Crippen molar-refractivity contribution in [3.63, 3.8) is 0 Å². The second-order valence-electron chi connectivity index (χ2n) is 3.06. The summed E-state index contributed by atoms with van der Waals surface area (Å²) in [4.78, 5) is 25.3. The number of aryl methyl sites for hydroxylation is 1. The van der Waals surface area contributed by atoms with Gasteiger partial charge in [0.25, 0.3) is 0 Å². The Bertz CT molecular complexity index is 558. The Morgan fingerprint density at radius 2 is 2.38 bits per heavy atom. The maximum Gasteiger partial charge on any atom is 0.348 e. The van der Waals surface area contributed by atoms with Crippen LogP contribution < -0.4 is 0 Å². The molecule has 0 saturated heterocycles. The molecular weight excluding hydrogens is 230 g/mol. The van der Waals surface area contributed by atoms with Crippen molar-refractivity contribution in [3.8, 4) is 5.69 Å². The van der Waals surface area contributed by atoms with E-state index in [-0.39, 0.29) is 5.00 Å². The smallest absolute Gasteiger partial charge is 0.297 e. The van der Waals surface area contributed by atoms with Gasteiger partial charge < -0.3 is 0 Å². The third-order valence-electron chi connectivity index (χ3n) is 2.08. The standard InChI is InChI=1S/C9H7N3O3S/c1-6-10-2-3-11(6)8-4-7(5-13)16-9(8)12(14)15/h2-5H,1H3. The summed E-state index contributed by atoms with van der Waals surface area (Å²) in [6.45, 7) is 1.74. The molecule has 0 aliphatic rings. The minimum Gasteiger partial charge on any atom is -0.297 e. The number of hydrogen-bond donors (Lipinski definition) is 0.